The molecule has 2 aromatic carbocycles. The summed E-state index contributed by atoms with van der Waals surface area (Å²) in [6.45, 7) is 4.46. The smallest absolute Gasteiger partial charge is 0.276 e. The Kier molecular flexibility index (Phi) is 6.00. The monoisotopic (exact) mass is 474 g/mol. The lowest BCUT2D eigenvalue weighted by molar-refractivity contribution is -0.122. The van der Waals surface area contributed by atoms with Crippen molar-refractivity contribution in [2.75, 3.05) is 0 Å². The van der Waals surface area contributed by atoms with E-state index in [0.29, 0.717) is 17.0 Å². The van der Waals surface area contributed by atoms with Crippen LogP contribution in [0, 0.1) is 13.8 Å². The van der Waals surface area contributed by atoms with E-state index in [1.165, 1.54) is 15.8 Å². The van der Waals surface area contributed by atoms with Gasteiger partial charge in [-0.1, -0.05) is 48.0 Å². The first-order valence-electron chi connectivity index (χ1n) is 11.6. The maximum atomic E-state index is 13.3. The van der Waals surface area contributed by atoms with Crippen LogP contribution in [0.2, 0.25) is 5.02 Å². The molecular formula is C27H27ClN4O2. The summed E-state index contributed by atoms with van der Waals surface area (Å²) in [5, 5.41) is 9.56. The highest BCUT2D eigenvalue weighted by molar-refractivity contribution is 6.30. The summed E-state index contributed by atoms with van der Waals surface area (Å²) in [7, 11) is 0. The highest BCUT2D eigenvalue weighted by atomic mass is 35.5. The summed E-state index contributed by atoms with van der Waals surface area (Å²) in [6, 6.07) is 15.9. The van der Waals surface area contributed by atoms with Gasteiger partial charge < -0.3 is 9.88 Å². The molecule has 5 rings (SSSR count). The number of carbonyl (C=O) groups is 1. The summed E-state index contributed by atoms with van der Waals surface area (Å²) in [4.78, 5) is 26.2. The second-order valence-electron chi connectivity index (χ2n) is 8.99. The molecule has 34 heavy (non-hydrogen) atoms. The fourth-order valence-corrected chi connectivity index (χ4v) is 5.17. The molecule has 2 aromatic heterocycles. The van der Waals surface area contributed by atoms with Crippen molar-refractivity contribution in [2.45, 2.75) is 52.2 Å². The molecule has 0 spiro atoms. The Labute approximate surface area is 203 Å². The summed E-state index contributed by atoms with van der Waals surface area (Å²) < 4.78 is 3.38. The number of benzene rings is 2. The lowest BCUT2D eigenvalue weighted by Crippen LogP contribution is -2.36. The molecule has 0 bridgehead atoms. The van der Waals surface area contributed by atoms with Gasteiger partial charge in [-0.2, -0.15) is 5.10 Å². The Hall–Kier alpha value is -3.38. The lowest BCUT2D eigenvalue weighted by Gasteiger charge is -2.26. The van der Waals surface area contributed by atoms with Gasteiger partial charge in [0.2, 0.25) is 5.91 Å². The predicted molar refractivity (Wildman–Crippen MR) is 134 cm³/mol. The first kappa shape index (κ1) is 22.4. The molecule has 4 aromatic rings. The Bertz CT molecular complexity index is 1440. The number of hydrogen-bond acceptors (Lipinski definition) is 3. The molecule has 1 aliphatic carbocycles. The third kappa shape index (κ3) is 4.14. The van der Waals surface area contributed by atoms with Crippen LogP contribution in [0.3, 0.4) is 0 Å². The van der Waals surface area contributed by atoms with Gasteiger partial charge >= 0.3 is 0 Å². The van der Waals surface area contributed by atoms with Gasteiger partial charge in [-0.25, -0.2) is 4.68 Å². The van der Waals surface area contributed by atoms with Crippen LogP contribution in [0.5, 0.6) is 0 Å². The van der Waals surface area contributed by atoms with Gasteiger partial charge in [-0.3, -0.25) is 9.59 Å². The molecule has 1 aliphatic rings. The maximum absolute atomic E-state index is 13.3. The number of amides is 1. The van der Waals surface area contributed by atoms with Gasteiger partial charge in [0.05, 0.1) is 17.6 Å². The quantitative estimate of drug-likeness (QED) is 0.455. The van der Waals surface area contributed by atoms with E-state index in [1.807, 2.05) is 50.2 Å². The van der Waals surface area contributed by atoms with Gasteiger partial charge in [0, 0.05) is 28.3 Å². The third-order valence-electron chi connectivity index (χ3n) is 6.86. The van der Waals surface area contributed by atoms with Gasteiger partial charge in [0.1, 0.15) is 6.54 Å². The van der Waals surface area contributed by atoms with Crippen LogP contribution >= 0.6 is 11.6 Å². The van der Waals surface area contributed by atoms with Gasteiger partial charge in [0.25, 0.3) is 5.56 Å². The van der Waals surface area contributed by atoms with Crippen molar-refractivity contribution < 1.29 is 4.79 Å². The number of aryl methyl sites for hydroxylation is 3. The highest BCUT2D eigenvalue weighted by Gasteiger charge is 2.22. The molecule has 0 aliphatic heterocycles. The average molecular weight is 475 g/mol. The van der Waals surface area contributed by atoms with Gasteiger partial charge in [0.15, 0.2) is 0 Å². The maximum Gasteiger partial charge on any atom is 0.276 e. The molecule has 1 atom stereocenters. The van der Waals surface area contributed by atoms with Crippen molar-refractivity contribution in [3.8, 4) is 0 Å². The predicted octanol–water partition coefficient (Wildman–Crippen LogP) is 4.71. The van der Waals surface area contributed by atoms with Crippen LogP contribution in [-0.2, 0) is 24.3 Å². The van der Waals surface area contributed by atoms with E-state index in [9.17, 15) is 9.59 Å². The van der Waals surface area contributed by atoms with Crippen molar-refractivity contribution in [3.63, 3.8) is 0 Å². The highest BCUT2D eigenvalue weighted by Crippen LogP contribution is 2.29. The van der Waals surface area contributed by atoms with Crippen LogP contribution in [0.15, 0.2) is 59.5 Å². The zero-order valence-corrected chi connectivity index (χ0v) is 20.1. The van der Waals surface area contributed by atoms with Crippen LogP contribution in [0.4, 0.5) is 0 Å². The largest absolute Gasteiger partial charge is 0.348 e. The average Bonchev–Trinajstić information content (AvgIpc) is 3.07. The molecular weight excluding hydrogens is 448 g/mol. The fourth-order valence-electron chi connectivity index (χ4n) is 5.05. The number of carbonyl (C=O) groups excluding carboxylic acids is 1. The summed E-state index contributed by atoms with van der Waals surface area (Å²) in [5.74, 6) is -0.203. The first-order chi connectivity index (χ1) is 16.4. The van der Waals surface area contributed by atoms with E-state index in [-0.39, 0.29) is 24.1 Å². The number of aromatic nitrogens is 3. The van der Waals surface area contributed by atoms with Gasteiger partial charge in [-0.15, -0.1) is 0 Å². The molecule has 0 saturated heterocycles. The van der Waals surface area contributed by atoms with Crippen LogP contribution < -0.4 is 10.9 Å². The van der Waals surface area contributed by atoms with Crippen molar-refractivity contribution in [2.24, 2.45) is 0 Å². The van der Waals surface area contributed by atoms with E-state index in [1.54, 1.807) is 6.20 Å². The Morgan fingerprint density at radius 3 is 2.68 bits per heavy atom. The number of halogens is 1. The van der Waals surface area contributed by atoms with E-state index in [4.69, 9.17) is 11.6 Å². The molecule has 174 valence electrons. The molecule has 1 amide bonds. The third-order valence-corrected chi connectivity index (χ3v) is 7.11. The molecule has 0 radical (unpaired) electrons. The fraction of sp³-hybridized carbons (Fsp3) is 0.296. The SMILES string of the molecule is Cc1c2cnn(CC(=O)N[C@@H]3CCCc4ccccc43)c(=O)c2c(C)n1Cc1ccc(Cl)cc1. The second-order valence-corrected chi connectivity index (χ2v) is 9.43. The van der Waals surface area contributed by atoms with E-state index < -0.39 is 0 Å². The number of rotatable bonds is 5. The van der Waals surface area contributed by atoms with E-state index in [2.05, 4.69) is 27.1 Å². The minimum absolute atomic E-state index is 0.0266. The standard InChI is InChI=1S/C27H27ClN4O2/c1-17-23-14-29-32(16-25(33)30-24-9-5-7-20-6-3-4-8-22(20)24)27(34)26(23)18(2)31(17)15-19-10-12-21(28)13-11-19/h3-4,6,8,10-14,24H,5,7,9,15-16H2,1-2H3,(H,30,33)/t24-/m1/s1. The number of nitrogens with zero attached hydrogens (tertiary/aromatic N) is 3. The van der Waals surface area contributed by atoms with E-state index in [0.717, 1.165) is 41.6 Å². The molecule has 6 nitrogen and oxygen atoms in total. The number of hydrogen-bond donors (Lipinski definition) is 1. The Morgan fingerprint density at radius 2 is 1.88 bits per heavy atom. The zero-order valence-electron chi connectivity index (χ0n) is 19.3. The molecule has 1 N–H and O–H groups in total. The zero-order chi connectivity index (χ0) is 23.8. The van der Waals surface area contributed by atoms with Crippen molar-refractivity contribution in [3.05, 3.63) is 98.2 Å². The summed E-state index contributed by atoms with van der Waals surface area (Å²) in [5.41, 5.74) is 5.14. The minimum Gasteiger partial charge on any atom is -0.348 e. The molecule has 0 saturated carbocycles. The van der Waals surface area contributed by atoms with E-state index >= 15 is 0 Å². The molecule has 7 heteroatoms. The van der Waals surface area contributed by atoms with Crippen molar-refractivity contribution in [1.29, 1.82) is 0 Å². The lowest BCUT2D eigenvalue weighted by atomic mass is 9.88. The second kappa shape index (κ2) is 9.11. The molecule has 0 fully saturated rings. The van der Waals surface area contributed by atoms with Gasteiger partial charge in [-0.05, 0) is 61.9 Å². The van der Waals surface area contributed by atoms with Crippen LogP contribution in [0.1, 0.15) is 47.0 Å². The normalized spacial score (nSPS) is 15.3. The molecule has 2 heterocycles. The summed E-state index contributed by atoms with van der Waals surface area (Å²) in [6.07, 6.45) is 4.66. The van der Waals surface area contributed by atoms with Crippen molar-refractivity contribution in [1.82, 2.24) is 19.7 Å². The summed E-state index contributed by atoms with van der Waals surface area (Å²) >= 11 is 6.02. The first-order valence-corrected chi connectivity index (χ1v) is 12.0. The Balaban J connectivity index is 1.40. The van der Waals surface area contributed by atoms with Crippen LogP contribution in [0.25, 0.3) is 10.8 Å². The Morgan fingerprint density at radius 1 is 1.12 bits per heavy atom. The topological polar surface area (TPSA) is 68.9 Å². The van der Waals surface area contributed by atoms with Crippen molar-refractivity contribution >= 4 is 28.3 Å². The minimum atomic E-state index is -0.243. The number of nitrogens with one attached hydrogen (secondary N) is 1. The van der Waals surface area contributed by atoms with Crippen LogP contribution in [-0.4, -0.2) is 20.3 Å². The molecule has 0 unspecified atom stereocenters. The number of fused-ring (bicyclic) bond motifs is 2.